The first-order valence-corrected chi connectivity index (χ1v) is 3.88. The molecule has 0 aromatic carbocycles. The Kier molecular flexibility index (Phi) is 2.88. The number of carbonyl (C=O) groups excluding carboxylic acids is 3. The van der Waals surface area contributed by atoms with Gasteiger partial charge >= 0.3 is 0 Å². The molecule has 74 valence electrons. The molecule has 1 aliphatic carbocycles. The van der Waals surface area contributed by atoms with Gasteiger partial charge in [0.05, 0.1) is 6.54 Å². The summed E-state index contributed by atoms with van der Waals surface area (Å²) in [5.74, 6) is -1.60. The molecule has 6 nitrogen and oxygen atoms in total. The predicted molar refractivity (Wildman–Crippen MR) is 47.9 cm³/mol. The average molecular weight is 195 g/mol. The van der Waals surface area contributed by atoms with E-state index in [1.165, 1.54) is 0 Å². The summed E-state index contributed by atoms with van der Waals surface area (Å²) in [6.07, 6.45) is 2.12. The monoisotopic (exact) mass is 195 g/mol. The molecule has 1 atom stereocenters. The molecule has 0 fully saturated rings. The van der Waals surface area contributed by atoms with E-state index in [1.807, 2.05) is 0 Å². The predicted octanol–water partition coefficient (Wildman–Crippen LogP) is -1.84. The van der Waals surface area contributed by atoms with Gasteiger partial charge < -0.3 is 5.73 Å². The van der Waals surface area contributed by atoms with Crippen molar-refractivity contribution in [3.05, 3.63) is 12.2 Å². The summed E-state index contributed by atoms with van der Waals surface area (Å²) in [7, 11) is 0. The lowest BCUT2D eigenvalue weighted by atomic mass is 9.97. The first-order chi connectivity index (χ1) is 6.52. The number of amides is 1. The number of allylic oxidation sites excluding steroid dienone is 1. The minimum absolute atomic E-state index is 0.236. The van der Waals surface area contributed by atoms with E-state index in [2.05, 4.69) is 5.32 Å². The Hall–Kier alpha value is -1.82. The average Bonchev–Trinajstić information content (AvgIpc) is 2.11. The second-order valence-corrected chi connectivity index (χ2v) is 2.79. The van der Waals surface area contributed by atoms with Crippen LogP contribution < -0.4 is 11.1 Å². The molecule has 1 rings (SSSR count). The van der Waals surface area contributed by atoms with Crippen molar-refractivity contribution in [3.8, 4) is 0 Å². The van der Waals surface area contributed by atoms with Crippen molar-refractivity contribution in [2.24, 2.45) is 5.73 Å². The minimum atomic E-state index is -1.04. The van der Waals surface area contributed by atoms with Gasteiger partial charge in [-0.1, -0.05) is 0 Å². The molecule has 6 heteroatoms. The van der Waals surface area contributed by atoms with E-state index in [1.54, 1.807) is 0 Å². The molecule has 1 aliphatic rings. The van der Waals surface area contributed by atoms with Crippen LogP contribution in [0.4, 0.5) is 0 Å². The standard InChI is InChI=1S/C8H9N3O3/c9-6(14)3-11-8-5(13)2-1-4(12)7(8)10/h1-2,8,10-11H,3H2,(H2,9,14). The summed E-state index contributed by atoms with van der Waals surface area (Å²) >= 11 is 0. The SMILES string of the molecule is N=C1C(=O)C=CC(=O)C1NCC(N)=O. The van der Waals surface area contributed by atoms with Gasteiger partial charge in [-0.3, -0.25) is 25.1 Å². The third kappa shape index (κ3) is 2.11. The molecular weight excluding hydrogens is 186 g/mol. The van der Waals surface area contributed by atoms with E-state index in [9.17, 15) is 14.4 Å². The molecule has 0 heterocycles. The van der Waals surface area contributed by atoms with Crippen LogP contribution in [0, 0.1) is 5.41 Å². The first kappa shape index (κ1) is 10.3. The lowest BCUT2D eigenvalue weighted by Gasteiger charge is -2.17. The maximum absolute atomic E-state index is 11.2. The van der Waals surface area contributed by atoms with Crippen molar-refractivity contribution >= 4 is 23.2 Å². The van der Waals surface area contributed by atoms with Gasteiger partial charge in [0.2, 0.25) is 11.7 Å². The van der Waals surface area contributed by atoms with Crippen molar-refractivity contribution in [3.63, 3.8) is 0 Å². The van der Waals surface area contributed by atoms with Crippen LogP contribution in [0.3, 0.4) is 0 Å². The minimum Gasteiger partial charge on any atom is -0.369 e. The zero-order valence-electron chi connectivity index (χ0n) is 7.24. The van der Waals surface area contributed by atoms with Crippen molar-refractivity contribution < 1.29 is 14.4 Å². The topological polar surface area (TPSA) is 113 Å². The smallest absolute Gasteiger partial charge is 0.231 e. The number of hydrogen-bond acceptors (Lipinski definition) is 5. The number of nitrogens with two attached hydrogens (primary N) is 1. The third-order valence-electron chi connectivity index (χ3n) is 1.72. The van der Waals surface area contributed by atoms with Crippen LogP contribution in [-0.2, 0) is 14.4 Å². The highest BCUT2D eigenvalue weighted by Crippen LogP contribution is 2.00. The summed E-state index contributed by atoms with van der Waals surface area (Å²) in [6, 6.07) is -1.04. The molecule has 0 aliphatic heterocycles. The molecule has 0 saturated carbocycles. The highest BCUT2D eigenvalue weighted by Gasteiger charge is 2.28. The Morgan fingerprint density at radius 1 is 1.50 bits per heavy atom. The van der Waals surface area contributed by atoms with Gasteiger partial charge in [-0.15, -0.1) is 0 Å². The quantitative estimate of drug-likeness (QED) is 0.491. The van der Waals surface area contributed by atoms with Crippen LogP contribution in [0.2, 0.25) is 0 Å². The molecule has 0 spiro atoms. The van der Waals surface area contributed by atoms with Crippen LogP contribution in [-0.4, -0.2) is 35.8 Å². The van der Waals surface area contributed by atoms with Gasteiger partial charge in [-0.2, -0.15) is 0 Å². The highest BCUT2D eigenvalue weighted by atomic mass is 16.2. The zero-order valence-corrected chi connectivity index (χ0v) is 7.24. The van der Waals surface area contributed by atoms with Crippen molar-refractivity contribution in [1.82, 2.24) is 5.32 Å². The van der Waals surface area contributed by atoms with Gasteiger partial charge in [0, 0.05) is 0 Å². The van der Waals surface area contributed by atoms with E-state index in [4.69, 9.17) is 11.1 Å². The Bertz CT molecular complexity index is 346. The molecule has 14 heavy (non-hydrogen) atoms. The molecule has 4 N–H and O–H groups in total. The Balaban J connectivity index is 2.72. The van der Waals surface area contributed by atoms with Crippen molar-refractivity contribution in [2.45, 2.75) is 6.04 Å². The lowest BCUT2D eigenvalue weighted by molar-refractivity contribution is -0.119. The first-order valence-electron chi connectivity index (χ1n) is 3.88. The summed E-state index contributed by atoms with van der Waals surface area (Å²) < 4.78 is 0. The zero-order chi connectivity index (χ0) is 10.7. The van der Waals surface area contributed by atoms with Crippen molar-refractivity contribution in [1.29, 1.82) is 5.41 Å². The van der Waals surface area contributed by atoms with E-state index in [0.29, 0.717) is 0 Å². The molecule has 1 unspecified atom stereocenters. The number of rotatable bonds is 3. The van der Waals surface area contributed by atoms with Crippen LogP contribution in [0.25, 0.3) is 0 Å². The van der Waals surface area contributed by atoms with E-state index < -0.39 is 23.5 Å². The molecule has 0 aromatic rings. The molecule has 0 radical (unpaired) electrons. The highest BCUT2D eigenvalue weighted by molar-refractivity contribution is 6.51. The largest absolute Gasteiger partial charge is 0.369 e. The lowest BCUT2D eigenvalue weighted by Crippen LogP contribution is -2.49. The number of nitrogens with one attached hydrogen (secondary N) is 2. The summed E-state index contributed by atoms with van der Waals surface area (Å²) in [5, 5.41) is 9.72. The molecule has 0 aromatic heterocycles. The van der Waals surface area contributed by atoms with Crippen LogP contribution in [0.5, 0.6) is 0 Å². The van der Waals surface area contributed by atoms with Gasteiger partial charge in [-0.25, -0.2) is 0 Å². The summed E-state index contributed by atoms with van der Waals surface area (Å²) in [6.45, 7) is -0.236. The van der Waals surface area contributed by atoms with Crippen molar-refractivity contribution in [2.75, 3.05) is 6.54 Å². The second kappa shape index (κ2) is 3.93. The van der Waals surface area contributed by atoms with Gasteiger partial charge in [0.15, 0.2) is 5.78 Å². The molecule has 1 amide bonds. The number of primary amides is 1. The van der Waals surface area contributed by atoms with E-state index in [0.717, 1.165) is 12.2 Å². The van der Waals surface area contributed by atoms with Gasteiger partial charge in [-0.05, 0) is 12.2 Å². The number of ketones is 2. The number of hydrogen-bond donors (Lipinski definition) is 3. The van der Waals surface area contributed by atoms with Crippen LogP contribution in [0.15, 0.2) is 12.2 Å². The third-order valence-corrected chi connectivity index (χ3v) is 1.72. The maximum atomic E-state index is 11.2. The normalized spacial score (nSPS) is 21.4. The molecule has 0 saturated heterocycles. The Morgan fingerprint density at radius 2 is 2.14 bits per heavy atom. The Labute approximate surface area is 79.7 Å². The van der Waals surface area contributed by atoms with E-state index >= 15 is 0 Å². The van der Waals surface area contributed by atoms with Gasteiger partial charge in [0.25, 0.3) is 0 Å². The Morgan fingerprint density at radius 3 is 2.71 bits per heavy atom. The second-order valence-electron chi connectivity index (χ2n) is 2.79. The fourth-order valence-corrected chi connectivity index (χ4v) is 1.03. The number of carbonyl (C=O) groups is 3. The fraction of sp³-hybridized carbons (Fsp3) is 0.250. The molecule has 0 bridgehead atoms. The summed E-state index contributed by atoms with van der Waals surface area (Å²) in [4.78, 5) is 32.6. The van der Waals surface area contributed by atoms with Crippen LogP contribution in [0.1, 0.15) is 0 Å². The van der Waals surface area contributed by atoms with Crippen LogP contribution >= 0.6 is 0 Å². The maximum Gasteiger partial charge on any atom is 0.231 e. The molecular formula is C8H9N3O3. The fourth-order valence-electron chi connectivity index (χ4n) is 1.03. The van der Waals surface area contributed by atoms with E-state index in [-0.39, 0.29) is 12.3 Å². The van der Waals surface area contributed by atoms with Gasteiger partial charge in [0.1, 0.15) is 11.8 Å². The summed E-state index contributed by atoms with van der Waals surface area (Å²) in [5.41, 5.74) is 4.49.